The third kappa shape index (κ3) is 4.32. The van der Waals surface area contributed by atoms with Gasteiger partial charge in [0.25, 0.3) is 5.56 Å². The average molecular weight is 406 g/mol. The van der Waals surface area contributed by atoms with Crippen molar-refractivity contribution in [2.24, 2.45) is 5.92 Å². The molecule has 0 N–H and O–H groups in total. The number of rotatable bonds is 6. The summed E-state index contributed by atoms with van der Waals surface area (Å²) in [7, 11) is 0. The van der Waals surface area contributed by atoms with Crippen LogP contribution in [0.3, 0.4) is 0 Å². The number of Topliss-reactive ketones (excluding diaryl/α,β-unsaturated/α-hetero) is 1. The maximum absolute atomic E-state index is 12.9. The van der Waals surface area contributed by atoms with Crippen LogP contribution in [0.1, 0.15) is 52.7 Å². The summed E-state index contributed by atoms with van der Waals surface area (Å²) in [6, 6.07) is 12.2. The Bertz CT molecular complexity index is 1180. The Morgan fingerprint density at radius 3 is 2.30 bits per heavy atom. The van der Waals surface area contributed by atoms with Gasteiger partial charge in [0.15, 0.2) is 11.8 Å². The van der Waals surface area contributed by atoms with Crippen LogP contribution in [0.5, 0.6) is 0 Å². The predicted molar refractivity (Wildman–Crippen MR) is 116 cm³/mol. The first-order valence-corrected chi connectivity index (χ1v) is 10.0. The molecule has 1 heterocycles. The highest BCUT2D eigenvalue weighted by molar-refractivity contribution is 6.05. The number of carbonyl (C=O) groups excluding carboxylic acids is 2. The zero-order chi connectivity index (χ0) is 22.0. The Balaban J connectivity index is 1.94. The van der Waals surface area contributed by atoms with E-state index in [2.05, 4.69) is 5.10 Å². The molecule has 1 atom stereocenters. The molecule has 2 aromatic carbocycles. The second kappa shape index (κ2) is 8.61. The summed E-state index contributed by atoms with van der Waals surface area (Å²) in [5.41, 5.74) is 2.34. The summed E-state index contributed by atoms with van der Waals surface area (Å²) in [4.78, 5) is 38.4. The standard InChI is InChI=1S/C24H26N2O4/c1-14(2)13-26-23(28)20-9-7-6-8-19(20)21(25-26)24(29)30-17(5)22(27)18-11-10-15(3)16(4)12-18/h6-12,14,17H,13H2,1-5H3/t17-/m1/s1. The quantitative estimate of drug-likeness (QED) is 0.455. The van der Waals surface area contributed by atoms with Crippen LogP contribution in [0.25, 0.3) is 10.8 Å². The summed E-state index contributed by atoms with van der Waals surface area (Å²) in [5, 5.41) is 5.08. The fourth-order valence-electron chi connectivity index (χ4n) is 3.25. The van der Waals surface area contributed by atoms with Crippen LogP contribution in [0.15, 0.2) is 47.3 Å². The number of benzene rings is 2. The van der Waals surface area contributed by atoms with Crippen LogP contribution in [0, 0.1) is 19.8 Å². The summed E-state index contributed by atoms with van der Waals surface area (Å²) < 4.78 is 6.76. The molecular formula is C24H26N2O4. The van der Waals surface area contributed by atoms with Crippen molar-refractivity contribution < 1.29 is 14.3 Å². The molecule has 0 saturated heterocycles. The molecule has 6 heteroatoms. The zero-order valence-electron chi connectivity index (χ0n) is 17.9. The van der Waals surface area contributed by atoms with Crippen LogP contribution in [-0.2, 0) is 11.3 Å². The molecular weight excluding hydrogens is 380 g/mol. The van der Waals surface area contributed by atoms with Crippen LogP contribution in [-0.4, -0.2) is 27.6 Å². The predicted octanol–water partition coefficient (Wildman–Crippen LogP) is 4.10. The molecule has 0 amide bonds. The molecule has 6 nitrogen and oxygen atoms in total. The molecule has 3 aromatic rings. The molecule has 0 bridgehead atoms. The van der Waals surface area contributed by atoms with E-state index in [1.165, 1.54) is 4.68 Å². The van der Waals surface area contributed by atoms with Crippen molar-refractivity contribution >= 4 is 22.5 Å². The topological polar surface area (TPSA) is 78.3 Å². The minimum absolute atomic E-state index is 0.0330. The lowest BCUT2D eigenvalue weighted by Gasteiger charge is -2.15. The summed E-state index contributed by atoms with van der Waals surface area (Å²) in [6.45, 7) is 9.74. The summed E-state index contributed by atoms with van der Waals surface area (Å²) >= 11 is 0. The Morgan fingerprint density at radius 1 is 1.00 bits per heavy atom. The molecule has 0 aliphatic rings. The molecule has 0 radical (unpaired) electrons. The third-order valence-electron chi connectivity index (χ3n) is 5.04. The van der Waals surface area contributed by atoms with Gasteiger partial charge in [-0.2, -0.15) is 5.10 Å². The normalized spacial score (nSPS) is 12.2. The van der Waals surface area contributed by atoms with E-state index in [-0.39, 0.29) is 23.0 Å². The van der Waals surface area contributed by atoms with Crippen molar-refractivity contribution in [3.8, 4) is 0 Å². The Kier molecular flexibility index (Phi) is 6.15. The molecule has 0 unspecified atom stereocenters. The SMILES string of the molecule is Cc1ccc(C(=O)[C@@H](C)OC(=O)c2nn(CC(C)C)c(=O)c3ccccc23)cc1C. The number of fused-ring (bicyclic) bond motifs is 1. The highest BCUT2D eigenvalue weighted by Crippen LogP contribution is 2.17. The van der Waals surface area contributed by atoms with Crippen molar-refractivity contribution in [1.29, 1.82) is 0 Å². The van der Waals surface area contributed by atoms with Gasteiger partial charge in [-0.25, -0.2) is 9.48 Å². The number of carbonyl (C=O) groups is 2. The molecule has 0 fully saturated rings. The van der Waals surface area contributed by atoms with Gasteiger partial charge in [0.05, 0.1) is 5.39 Å². The number of ketones is 1. The fourth-order valence-corrected chi connectivity index (χ4v) is 3.25. The van der Waals surface area contributed by atoms with Gasteiger partial charge in [-0.15, -0.1) is 0 Å². The summed E-state index contributed by atoms with van der Waals surface area (Å²) in [6.07, 6.45) is -0.981. The molecule has 1 aromatic heterocycles. The second-order valence-electron chi connectivity index (χ2n) is 7.99. The van der Waals surface area contributed by atoms with E-state index in [0.717, 1.165) is 11.1 Å². The summed E-state index contributed by atoms with van der Waals surface area (Å²) in [5.74, 6) is -0.842. The molecule has 0 saturated carbocycles. The number of aryl methyl sites for hydroxylation is 2. The molecule has 0 aliphatic heterocycles. The van der Waals surface area contributed by atoms with Crippen molar-refractivity contribution in [1.82, 2.24) is 9.78 Å². The van der Waals surface area contributed by atoms with E-state index in [1.54, 1.807) is 43.3 Å². The third-order valence-corrected chi connectivity index (χ3v) is 5.04. The van der Waals surface area contributed by atoms with E-state index in [4.69, 9.17) is 4.74 Å². The van der Waals surface area contributed by atoms with E-state index >= 15 is 0 Å². The van der Waals surface area contributed by atoms with Crippen LogP contribution in [0.2, 0.25) is 0 Å². The monoisotopic (exact) mass is 406 g/mol. The zero-order valence-corrected chi connectivity index (χ0v) is 17.9. The van der Waals surface area contributed by atoms with E-state index in [0.29, 0.717) is 22.9 Å². The maximum atomic E-state index is 12.9. The van der Waals surface area contributed by atoms with Gasteiger partial charge < -0.3 is 4.74 Å². The Labute approximate surface area is 175 Å². The van der Waals surface area contributed by atoms with Gasteiger partial charge in [0.2, 0.25) is 5.78 Å². The van der Waals surface area contributed by atoms with Crippen LogP contribution in [0.4, 0.5) is 0 Å². The number of nitrogens with zero attached hydrogens (tertiary/aromatic N) is 2. The number of aromatic nitrogens is 2. The largest absolute Gasteiger partial charge is 0.449 e. The van der Waals surface area contributed by atoms with Crippen molar-refractivity contribution in [3.63, 3.8) is 0 Å². The highest BCUT2D eigenvalue weighted by Gasteiger charge is 2.24. The van der Waals surface area contributed by atoms with Crippen molar-refractivity contribution in [2.75, 3.05) is 0 Å². The van der Waals surface area contributed by atoms with Gasteiger partial charge in [0.1, 0.15) is 0 Å². The first-order chi connectivity index (χ1) is 14.2. The molecule has 3 rings (SSSR count). The minimum atomic E-state index is -0.981. The molecule has 156 valence electrons. The van der Waals surface area contributed by atoms with E-state index in [1.807, 2.05) is 33.8 Å². The Morgan fingerprint density at radius 2 is 1.67 bits per heavy atom. The molecule has 0 spiro atoms. The fraction of sp³-hybridized carbons (Fsp3) is 0.333. The lowest BCUT2D eigenvalue weighted by atomic mass is 10.0. The smallest absolute Gasteiger partial charge is 0.360 e. The van der Waals surface area contributed by atoms with Gasteiger partial charge in [-0.3, -0.25) is 9.59 Å². The lowest BCUT2D eigenvalue weighted by molar-refractivity contribution is 0.0312. The van der Waals surface area contributed by atoms with Crippen molar-refractivity contribution in [3.05, 3.63) is 75.2 Å². The first-order valence-electron chi connectivity index (χ1n) is 10.0. The highest BCUT2D eigenvalue weighted by atomic mass is 16.5. The van der Waals surface area contributed by atoms with E-state index < -0.39 is 12.1 Å². The van der Waals surface area contributed by atoms with Crippen LogP contribution >= 0.6 is 0 Å². The number of hydrogen-bond acceptors (Lipinski definition) is 5. The number of esters is 1. The van der Waals surface area contributed by atoms with Gasteiger partial charge in [-0.05, 0) is 49.9 Å². The first kappa shape index (κ1) is 21.4. The minimum Gasteiger partial charge on any atom is -0.449 e. The van der Waals surface area contributed by atoms with Gasteiger partial charge >= 0.3 is 5.97 Å². The maximum Gasteiger partial charge on any atom is 0.360 e. The van der Waals surface area contributed by atoms with Gasteiger partial charge in [0, 0.05) is 17.5 Å². The van der Waals surface area contributed by atoms with E-state index in [9.17, 15) is 14.4 Å². The number of hydrogen-bond donors (Lipinski definition) is 0. The second-order valence-corrected chi connectivity index (χ2v) is 7.99. The molecule has 0 aliphatic carbocycles. The average Bonchev–Trinajstić information content (AvgIpc) is 2.71. The van der Waals surface area contributed by atoms with Crippen LogP contribution < -0.4 is 5.56 Å². The Hall–Kier alpha value is -3.28. The van der Waals surface area contributed by atoms with Gasteiger partial charge in [-0.1, -0.05) is 44.2 Å². The molecule has 30 heavy (non-hydrogen) atoms. The number of ether oxygens (including phenoxy) is 1. The lowest BCUT2D eigenvalue weighted by Crippen LogP contribution is -2.30. The van der Waals surface area contributed by atoms with Crippen molar-refractivity contribution in [2.45, 2.75) is 47.3 Å².